The summed E-state index contributed by atoms with van der Waals surface area (Å²) < 4.78 is 23.4. The number of rotatable bonds is 4. The van der Waals surface area contributed by atoms with Crippen LogP contribution in [0, 0.1) is 5.82 Å². The predicted molar refractivity (Wildman–Crippen MR) is 61.8 cm³/mol. The molecular formula is C12H14FNO4. The Kier molecular flexibility index (Phi) is 3.78. The number of benzene rings is 1. The second-order valence-electron chi connectivity index (χ2n) is 4.01. The number of carbonyl (C=O) groups is 1. The smallest absolute Gasteiger partial charge is 0.414 e. The zero-order valence-electron chi connectivity index (χ0n) is 9.93. The summed E-state index contributed by atoms with van der Waals surface area (Å²) >= 11 is 0. The fourth-order valence-electron chi connectivity index (χ4n) is 1.80. The lowest BCUT2D eigenvalue weighted by molar-refractivity contribution is 0.0963. The first-order valence-corrected chi connectivity index (χ1v) is 5.52. The van der Waals surface area contributed by atoms with Gasteiger partial charge < -0.3 is 14.6 Å². The molecule has 1 aliphatic rings. The van der Waals surface area contributed by atoms with Crippen molar-refractivity contribution in [2.24, 2.45) is 0 Å². The number of methoxy groups -OCH3 is 1. The number of nitrogens with zero attached hydrogens (tertiary/aromatic N) is 1. The van der Waals surface area contributed by atoms with Crippen LogP contribution in [0.1, 0.15) is 5.56 Å². The lowest BCUT2D eigenvalue weighted by Gasteiger charge is -2.14. The van der Waals surface area contributed by atoms with Crippen molar-refractivity contribution in [2.45, 2.75) is 12.7 Å². The number of halogens is 1. The van der Waals surface area contributed by atoms with E-state index in [0.717, 1.165) is 0 Å². The minimum Gasteiger partial charge on any atom is -0.441 e. The molecule has 0 radical (unpaired) electrons. The number of hydrogen-bond acceptors (Lipinski definition) is 4. The highest BCUT2D eigenvalue weighted by atomic mass is 19.1. The molecular weight excluding hydrogens is 241 g/mol. The molecule has 18 heavy (non-hydrogen) atoms. The van der Waals surface area contributed by atoms with Gasteiger partial charge >= 0.3 is 6.09 Å². The molecule has 1 heterocycles. The van der Waals surface area contributed by atoms with Gasteiger partial charge in [0.2, 0.25) is 0 Å². The van der Waals surface area contributed by atoms with Gasteiger partial charge in [0.05, 0.1) is 25.4 Å². The first-order valence-electron chi connectivity index (χ1n) is 5.52. The quantitative estimate of drug-likeness (QED) is 0.880. The molecule has 1 N–H and O–H groups in total. The van der Waals surface area contributed by atoms with Gasteiger partial charge in [-0.2, -0.15) is 0 Å². The molecule has 1 fully saturated rings. The fourth-order valence-corrected chi connectivity index (χ4v) is 1.80. The monoisotopic (exact) mass is 255 g/mol. The van der Waals surface area contributed by atoms with Crippen molar-refractivity contribution in [3.05, 3.63) is 29.6 Å². The van der Waals surface area contributed by atoms with E-state index in [1.807, 2.05) is 0 Å². The Hall–Kier alpha value is -1.66. The standard InChI is InChI=1S/C12H14FNO4/c1-17-7-8-2-3-9(4-11(8)13)14-5-10(6-15)18-12(14)16/h2-4,10,15H,5-7H2,1H3/t10-/m1/s1. The highest BCUT2D eigenvalue weighted by Gasteiger charge is 2.32. The second-order valence-corrected chi connectivity index (χ2v) is 4.01. The SMILES string of the molecule is COCc1ccc(N2C[C@H](CO)OC2=O)cc1F. The van der Waals surface area contributed by atoms with Gasteiger partial charge in [-0.15, -0.1) is 0 Å². The van der Waals surface area contributed by atoms with Gasteiger partial charge in [-0.3, -0.25) is 4.90 Å². The minimum atomic E-state index is -0.576. The van der Waals surface area contributed by atoms with E-state index in [4.69, 9.17) is 14.6 Å². The lowest BCUT2D eigenvalue weighted by atomic mass is 10.2. The van der Waals surface area contributed by atoms with Crippen LogP contribution in [-0.2, 0) is 16.1 Å². The van der Waals surface area contributed by atoms with Crippen LogP contribution in [-0.4, -0.2) is 37.6 Å². The zero-order valence-corrected chi connectivity index (χ0v) is 9.93. The number of aliphatic hydroxyl groups is 1. The van der Waals surface area contributed by atoms with Crippen LogP contribution in [0.25, 0.3) is 0 Å². The number of amides is 1. The van der Waals surface area contributed by atoms with Crippen molar-refractivity contribution >= 4 is 11.8 Å². The maximum absolute atomic E-state index is 13.7. The normalized spacial score (nSPS) is 19.2. The largest absolute Gasteiger partial charge is 0.441 e. The molecule has 1 saturated heterocycles. The number of aliphatic hydroxyl groups excluding tert-OH is 1. The van der Waals surface area contributed by atoms with Gasteiger partial charge in [0.25, 0.3) is 0 Å². The Balaban J connectivity index is 2.19. The molecule has 98 valence electrons. The number of cyclic esters (lactones) is 1. The van der Waals surface area contributed by atoms with Gasteiger partial charge in [0.15, 0.2) is 0 Å². The van der Waals surface area contributed by atoms with Crippen molar-refractivity contribution in [1.82, 2.24) is 0 Å². The lowest BCUT2D eigenvalue weighted by Crippen LogP contribution is -2.25. The van der Waals surface area contributed by atoms with Crippen LogP contribution in [0.3, 0.4) is 0 Å². The highest BCUT2D eigenvalue weighted by Crippen LogP contribution is 2.24. The third-order valence-corrected chi connectivity index (χ3v) is 2.73. The maximum Gasteiger partial charge on any atom is 0.414 e. The van der Waals surface area contributed by atoms with E-state index < -0.39 is 18.0 Å². The van der Waals surface area contributed by atoms with Gasteiger partial charge in [-0.25, -0.2) is 9.18 Å². The molecule has 1 atom stereocenters. The topological polar surface area (TPSA) is 59.0 Å². The summed E-state index contributed by atoms with van der Waals surface area (Å²) in [7, 11) is 1.48. The molecule has 0 bridgehead atoms. The van der Waals surface area contributed by atoms with Crippen LogP contribution < -0.4 is 4.90 Å². The van der Waals surface area contributed by atoms with E-state index in [2.05, 4.69) is 0 Å². The van der Waals surface area contributed by atoms with E-state index in [0.29, 0.717) is 11.3 Å². The van der Waals surface area contributed by atoms with Gasteiger partial charge in [0.1, 0.15) is 11.9 Å². The number of hydrogen-bond donors (Lipinski definition) is 1. The molecule has 0 aromatic heterocycles. The van der Waals surface area contributed by atoms with Gasteiger partial charge in [-0.1, -0.05) is 6.07 Å². The fraction of sp³-hybridized carbons (Fsp3) is 0.417. The zero-order chi connectivity index (χ0) is 13.1. The Morgan fingerprint density at radius 3 is 2.94 bits per heavy atom. The van der Waals surface area contributed by atoms with Crippen LogP contribution in [0.15, 0.2) is 18.2 Å². The van der Waals surface area contributed by atoms with Gasteiger partial charge in [0, 0.05) is 12.7 Å². The molecule has 0 aliphatic carbocycles. The Morgan fingerprint density at radius 1 is 1.61 bits per heavy atom. The maximum atomic E-state index is 13.7. The second kappa shape index (κ2) is 5.32. The predicted octanol–water partition coefficient (Wildman–Crippen LogP) is 1.29. The summed E-state index contributed by atoms with van der Waals surface area (Å²) in [5.74, 6) is -0.436. The summed E-state index contributed by atoms with van der Waals surface area (Å²) in [5.41, 5.74) is 0.834. The first kappa shape index (κ1) is 12.8. The van der Waals surface area contributed by atoms with Crippen molar-refractivity contribution < 1.29 is 23.8 Å². The number of anilines is 1. The van der Waals surface area contributed by atoms with E-state index >= 15 is 0 Å². The summed E-state index contributed by atoms with van der Waals surface area (Å²) in [6.45, 7) is 0.153. The summed E-state index contributed by atoms with van der Waals surface area (Å²) in [6.07, 6.45) is -1.13. The molecule has 1 aromatic rings. The number of ether oxygens (including phenoxy) is 2. The summed E-state index contributed by atoms with van der Waals surface area (Å²) in [5, 5.41) is 8.92. The van der Waals surface area contributed by atoms with Crippen molar-refractivity contribution in [1.29, 1.82) is 0 Å². The summed E-state index contributed by atoms with van der Waals surface area (Å²) in [4.78, 5) is 12.8. The molecule has 0 spiro atoms. The number of carbonyl (C=O) groups excluding carboxylic acids is 1. The van der Waals surface area contributed by atoms with Crippen LogP contribution in [0.2, 0.25) is 0 Å². The molecule has 0 saturated carbocycles. The molecule has 6 heteroatoms. The van der Waals surface area contributed by atoms with Crippen molar-refractivity contribution in [3.63, 3.8) is 0 Å². The molecule has 1 aliphatic heterocycles. The van der Waals surface area contributed by atoms with E-state index in [1.54, 1.807) is 12.1 Å². The van der Waals surface area contributed by atoms with Gasteiger partial charge in [-0.05, 0) is 12.1 Å². The van der Waals surface area contributed by atoms with Crippen molar-refractivity contribution in [2.75, 3.05) is 25.2 Å². The average molecular weight is 255 g/mol. The Bertz CT molecular complexity index is 452. The molecule has 1 aromatic carbocycles. The summed E-state index contributed by atoms with van der Waals surface area (Å²) in [6, 6.07) is 4.45. The molecule has 0 unspecified atom stereocenters. The van der Waals surface area contributed by atoms with E-state index in [9.17, 15) is 9.18 Å². The van der Waals surface area contributed by atoms with Crippen LogP contribution in [0.5, 0.6) is 0 Å². The molecule has 1 amide bonds. The highest BCUT2D eigenvalue weighted by molar-refractivity contribution is 5.89. The Morgan fingerprint density at radius 2 is 2.39 bits per heavy atom. The van der Waals surface area contributed by atoms with Crippen LogP contribution in [0.4, 0.5) is 14.9 Å². The molecule has 5 nitrogen and oxygen atoms in total. The van der Waals surface area contributed by atoms with E-state index in [1.165, 1.54) is 18.1 Å². The first-order chi connectivity index (χ1) is 8.65. The van der Waals surface area contributed by atoms with Crippen LogP contribution >= 0.6 is 0 Å². The average Bonchev–Trinajstić information content (AvgIpc) is 2.73. The Labute approximate surface area is 104 Å². The molecule has 2 rings (SSSR count). The third kappa shape index (κ3) is 2.44. The minimum absolute atomic E-state index is 0.176. The van der Waals surface area contributed by atoms with Crippen molar-refractivity contribution in [3.8, 4) is 0 Å². The third-order valence-electron chi connectivity index (χ3n) is 2.73. The van der Waals surface area contributed by atoms with E-state index in [-0.39, 0.29) is 19.8 Å².